The Morgan fingerprint density at radius 3 is 1.78 bits per heavy atom. The molecule has 51 heavy (non-hydrogen) atoms. The summed E-state index contributed by atoms with van der Waals surface area (Å²) in [6.07, 6.45) is -0.0373. The number of alkyl carbamates (subject to hydrolysis) is 1. The van der Waals surface area contributed by atoms with Crippen LogP contribution in [0.25, 0.3) is 10.9 Å². The highest BCUT2D eigenvalue weighted by molar-refractivity contribution is 5.96. The number of fused-ring (bicyclic) bond motifs is 1. The Kier molecular flexibility index (Phi) is 13.4. The van der Waals surface area contributed by atoms with Crippen LogP contribution in [0.5, 0.6) is 0 Å². The topological polar surface area (TPSA) is 183 Å². The van der Waals surface area contributed by atoms with Crippen molar-refractivity contribution >= 4 is 46.8 Å². The van der Waals surface area contributed by atoms with Gasteiger partial charge in [-0.2, -0.15) is 0 Å². The molecule has 0 aliphatic carbocycles. The Bertz CT molecular complexity index is 1720. The average molecular weight is 708 g/mol. The second-order valence-electron chi connectivity index (χ2n) is 14.2. The van der Waals surface area contributed by atoms with Crippen LogP contribution in [0.2, 0.25) is 0 Å². The second-order valence-corrected chi connectivity index (χ2v) is 14.2. The van der Waals surface area contributed by atoms with Crippen molar-refractivity contribution in [2.75, 3.05) is 0 Å². The molecule has 4 amide bonds. The summed E-state index contributed by atoms with van der Waals surface area (Å²) in [6.45, 7) is 14.6. The number of para-hydroxylation sites is 1. The van der Waals surface area contributed by atoms with E-state index in [-0.39, 0.29) is 13.0 Å². The first-order chi connectivity index (χ1) is 23.7. The summed E-state index contributed by atoms with van der Waals surface area (Å²) < 4.78 is 17.6. The van der Waals surface area contributed by atoms with E-state index in [1.165, 1.54) is 25.3 Å². The van der Waals surface area contributed by atoms with Crippen LogP contribution in [0, 0.1) is 0 Å². The third-order valence-corrected chi connectivity index (χ3v) is 7.25. The van der Waals surface area contributed by atoms with Crippen LogP contribution in [0.4, 0.5) is 9.59 Å². The average Bonchev–Trinajstić information content (AvgIpc) is 3.40. The zero-order valence-corrected chi connectivity index (χ0v) is 30.6. The van der Waals surface area contributed by atoms with Crippen molar-refractivity contribution in [1.82, 2.24) is 25.8 Å². The SMILES string of the molecule is C[C@H](NC(=O)[C@H](C)NC(=O)[C@H](Cc1cn(C(=O)OC(C)(C)C)c2ccccc12)NC(=O)OCc1ccccc1)C(=O)N[C@@H](C)C(=O)OC(C)(C)C. The Hall–Kier alpha value is -5.40. The number of carbonyl (C=O) groups is 6. The second kappa shape index (κ2) is 17.0. The van der Waals surface area contributed by atoms with Gasteiger partial charge in [0.2, 0.25) is 17.7 Å². The van der Waals surface area contributed by atoms with Crippen molar-refractivity contribution in [3.8, 4) is 0 Å². The smallest absolute Gasteiger partial charge is 0.419 e. The molecule has 1 aromatic heterocycles. The molecule has 14 nitrogen and oxygen atoms in total. The highest BCUT2D eigenvalue weighted by Crippen LogP contribution is 2.24. The number of ether oxygens (including phenoxy) is 3. The molecule has 0 bridgehead atoms. The van der Waals surface area contributed by atoms with Crippen LogP contribution in [-0.2, 0) is 46.4 Å². The van der Waals surface area contributed by atoms with E-state index in [9.17, 15) is 28.8 Å². The molecule has 0 saturated carbocycles. The molecule has 0 aliphatic heterocycles. The Labute approximate surface area is 297 Å². The van der Waals surface area contributed by atoms with E-state index in [2.05, 4.69) is 21.3 Å². The number of esters is 1. The number of aromatic nitrogens is 1. The molecule has 3 rings (SSSR count). The van der Waals surface area contributed by atoms with E-state index < -0.39 is 71.2 Å². The Morgan fingerprint density at radius 1 is 0.667 bits per heavy atom. The van der Waals surface area contributed by atoms with Crippen LogP contribution in [0.1, 0.15) is 73.4 Å². The van der Waals surface area contributed by atoms with Gasteiger partial charge in [-0.05, 0) is 79.5 Å². The number of nitrogens with zero attached hydrogens (tertiary/aromatic N) is 1. The number of carbonyl (C=O) groups excluding carboxylic acids is 6. The molecular weight excluding hydrogens is 658 g/mol. The molecular formula is C37H49N5O9. The minimum atomic E-state index is -1.25. The number of benzene rings is 2. The largest absolute Gasteiger partial charge is 0.458 e. The lowest BCUT2D eigenvalue weighted by Crippen LogP contribution is -2.56. The van der Waals surface area contributed by atoms with Gasteiger partial charge in [-0.1, -0.05) is 48.5 Å². The highest BCUT2D eigenvalue weighted by Gasteiger charge is 2.30. The number of rotatable bonds is 12. The van der Waals surface area contributed by atoms with Crippen LogP contribution >= 0.6 is 0 Å². The summed E-state index contributed by atoms with van der Waals surface area (Å²) in [6, 6.07) is 11.6. The van der Waals surface area contributed by atoms with Gasteiger partial charge < -0.3 is 35.5 Å². The molecule has 0 saturated heterocycles. The van der Waals surface area contributed by atoms with Crippen molar-refractivity contribution in [3.05, 3.63) is 71.9 Å². The summed E-state index contributed by atoms with van der Waals surface area (Å²) in [5.41, 5.74) is 0.303. The molecule has 0 aliphatic rings. The highest BCUT2D eigenvalue weighted by atomic mass is 16.6. The van der Waals surface area contributed by atoms with E-state index in [1.807, 2.05) is 6.07 Å². The predicted molar refractivity (Wildman–Crippen MR) is 189 cm³/mol. The lowest BCUT2D eigenvalue weighted by Gasteiger charge is -2.24. The van der Waals surface area contributed by atoms with Crippen molar-refractivity contribution in [2.24, 2.45) is 0 Å². The van der Waals surface area contributed by atoms with E-state index in [0.717, 1.165) is 5.56 Å². The summed E-state index contributed by atoms with van der Waals surface area (Å²) in [5, 5.41) is 10.8. The summed E-state index contributed by atoms with van der Waals surface area (Å²) in [7, 11) is 0. The first kappa shape index (κ1) is 40.0. The maximum Gasteiger partial charge on any atom is 0.419 e. The van der Waals surface area contributed by atoms with Crippen LogP contribution in [0.15, 0.2) is 60.8 Å². The van der Waals surface area contributed by atoms with Gasteiger partial charge in [0.25, 0.3) is 0 Å². The molecule has 4 N–H and O–H groups in total. The minimum absolute atomic E-state index is 0.0513. The van der Waals surface area contributed by atoms with Crippen LogP contribution in [0.3, 0.4) is 0 Å². The predicted octanol–water partition coefficient (Wildman–Crippen LogP) is 4.12. The fourth-order valence-corrected chi connectivity index (χ4v) is 4.78. The summed E-state index contributed by atoms with van der Waals surface area (Å²) in [4.78, 5) is 77.8. The third kappa shape index (κ3) is 12.5. The van der Waals surface area contributed by atoms with Crippen molar-refractivity contribution in [3.63, 3.8) is 0 Å². The fraction of sp³-hybridized carbons (Fsp3) is 0.459. The van der Waals surface area contributed by atoms with Gasteiger partial charge in [0.1, 0.15) is 42.0 Å². The van der Waals surface area contributed by atoms with Gasteiger partial charge in [0, 0.05) is 18.0 Å². The maximum atomic E-state index is 13.7. The first-order valence-electron chi connectivity index (χ1n) is 16.7. The number of nitrogens with one attached hydrogen (secondary N) is 4. The lowest BCUT2D eigenvalue weighted by molar-refractivity contribution is -0.158. The van der Waals surface area contributed by atoms with Crippen LogP contribution in [-0.4, -0.2) is 75.8 Å². The van der Waals surface area contributed by atoms with Crippen molar-refractivity contribution in [1.29, 1.82) is 0 Å². The maximum absolute atomic E-state index is 13.7. The molecule has 1 heterocycles. The number of hydrogen-bond donors (Lipinski definition) is 4. The molecule has 3 aromatic rings. The molecule has 14 heteroatoms. The molecule has 0 unspecified atom stereocenters. The zero-order valence-electron chi connectivity index (χ0n) is 30.6. The minimum Gasteiger partial charge on any atom is -0.458 e. The van der Waals surface area contributed by atoms with Gasteiger partial charge in [-0.15, -0.1) is 0 Å². The zero-order chi connectivity index (χ0) is 38.1. The van der Waals surface area contributed by atoms with E-state index in [0.29, 0.717) is 16.5 Å². The summed E-state index contributed by atoms with van der Waals surface area (Å²) >= 11 is 0. The molecule has 0 radical (unpaired) electrons. The molecule has 0 fully saturated rings. The van der Waals surface area contributed by atoms with Gasteiger partial charge in [0.05, 0.1) is 5.52 Å². The van der Waals surface area contributed by atoms with Gasteiger partial charge in [-0.25, -0.2) is 14.4 Å². The lowest BCUT2D eigenvalue weighted by atomic mass is 10.0. The summed E-state index contributed by atoms with van der Waals surface area (Å²) in [5.74, 6) is -2.69. The van der Waals surface area contributed by atoms with Gasteiger partial charge in [0.15, 0.2) is 0 Å². The molecule has 0 spiro atoms. The Balaban J connectivity index is 1.77. The standard InChI is InChI=1S/C37H49N5O9/c1-22(31(44)40-24(3)33(46)50-36(4,5)6)38-30(43)23(2)39-32(45)28(41-34(47)49-21-25-15-11-10-12-16-25)19-26-20-42(35(48)51-37(7,8)9)29-18-14-13-17-27(26)29/h10-18,20,22-24,28H,19,21H2,1-9H3,(H,38,43)(H,39,45)(H,40,44)(H,41,47)/t22-,23-,24-,28-/m0/s1. The van der Waals surface area contributed by atoms with Gasteiger partial charge >= 0.3 is 18.2 Å². The Morgan fingerprint density at radius 2 is 1.20 bits per heavy atom. The molecule has 276 valence electrons. The van der Waals surface area contributed by atoms with Crippen molar-refractivity contribution < 1.29 is 43.0 Å². The van der Waals surface area contributed by atoms with E-state index >= 15 is 0 Å². The quantitative estimate of drug-likeness (QED) is 0.159. The normalized spacial score (nSPS) is 13.9. The molecule has 4 atom stereocenters. The van der Waals surface area contributed by atoms with Crippen LogP contribution < -0.4 is 21.3 Å². The monoisotopic (exact) mass is 707 g/mol. The van der Waals surface area contributed by atoms with Crippen molar-refractivity contribution in [2.45, 2.75) is 111 Å². The number of amides is 4. The fourth-order valence-electron chi connectivity index (χ4n) is 4.78. The third-order valence-electron chi connectivity index (χ3n) is 7.25. The first-order valence-corrected chi connectivity index (χ1v) is 16.7. The van der Waals surface area contributed by atoms with E-state index in [4.69, 9.17) is 14.2 Å². The molecule has 2 aromatic carbocycles. The van der Waals surface area contributed by atoms with E-state index in [1.54, 1.807) is 96.3 Å². The number of hydrogen-bond acceptors (Lipinski definition) is 9. The van der Waals surface area contributed by atoms with Gasteiger partial charge in [-0.3, -0.25) is 19.0 Å².